The molecule has 1 amide bonds. The van der Waals surface area contributed by atoms with Gasteiger partial charge in [-0.05, 0) is 30.4 Å². The Hall–Kier alpha value is -2.73. The van der Waals surface area contributed by atoms with E-state index in [-0.39, 0.29) is 11.9 Å². The number of likely N-dealkylation sites (tertiary alicyclic amines) is 1. The van der Waals surface area contributed by atoms with Crippen LogP contribution < -0.4 is 5.32 Å². The summed E-state index contributed by atoms with van der Waals surface area (Å²) in [4.78, 5) is 19.5. The lowest BCUT2D eigenvalue weighted by Crippen LogP contribution is -2.40. The molecule has 1 aliphatic carbocycles. The summed E-state index contributed by atoms with van der Waals surface area (Å²) < 4.78 is 5.31. The Labute approximate surface area is 163 Å². The van der Waals surface area contributed by atoms with Crippen LogP contribution in [0.4, 0.5) is 0 Å². The highest BCUT2D eigenvalue weighted by atomic mass is 16.5. The molecule has 5 rings (SSSR count). The van der Waals surface area contributed by atoms with Gasteiger partial charge in [0.15, 0.2) is 5.69 Å². The average Bonchev–Trinajstić information content (AvgIpc) is 3.33. The van der Waals surface area contributed by atoms with Gasteiger partial charge < -0.3 is 9.84 Å². The second-order valence-electron chi connectivity index (χ2n) is 8.13. The van der Waals surface area contributed by atoms with Crippen molar-refractivity contribution in [1.29, 1.82) is 0 Å². The SMILES string of the molecule is CC1CN(Cc2cccc3cccnc23)CC1NC(=O)c1cc(C2CC2)on1. The monoisotopic (exact) mass is 376 g/mol. The van der Waals surface area contributed by atoms with Crippen molar-refractivity contribution >= 4 is 16.8 Å². The van der Waals surface area contributed by atoms with Crippen LogP contribution in [0.3, 0.4) is 0 Å². The number of para-hydroxylation sites is 1. The smallest absolute Gasteiger partial charge is 0.273 e. The van der Waals surface area contributed by atoms with Crippen molar-refractivity contribution in [1.82, 2.24) is 20.4 Å². The molecule has 6 heteroatoms. The highest BCUT2D eigenvalue weighted by molar-refractivity contribution is 5.92. The molecule has 2 fully saturated rings. The van der Waals surface area contributed by atoms with E-state index in [1.165, 1.54) is 5.56 Å². The lowest BCUT2D eigenvalue weighted by atomic mass is 10.1. The molecule has 0 radical (unpaired) electrons. The zero-order valence-corrected chi connectivity index (χ0v) is 16.0. The topological polar surface area (TPSA) is 71.3 Å². The number of hydrogen-bond acceptors (Lipinski definition) is 5. The van der Waals surface area contributed by atoms with Gasteiger partial charge in [0.25, 0.3) is 5.91 Å². The molecule has 1 N–H and O–H groups in total. The van der Waals surface area contributed by atoms with E-state index in [9.17, 15) is 4.79 Å². The van der Waals surface area contributed by atoms with Gasteiger partial charge in [0.05, 0.1) is 5.52 Å². The summed E-state index contributed by atoms with van der Waals surface area (Å²) in [6, 6.07) is 12.3. The number of aromatic nitrogens is 2. The van der Waals surface area contributed by atoms with Crippen LogP contribution in [-0.2, 0) is 6.54 Å². The normalized spacial score (nSPS) is 22.6. The highest BCUT2D eigenvalue weighted by Crippen LogP contribution is 2.40. The first-order valence-electron chi connectivity index (χ1n) is 10.00. The van der Waals surface area contributed by atoms with E-state index >= 15 is 0 Å². The molecular formula is C22H24N4O2. The molecular weight excluding hydrogens is 352 g/mol. The number of nitrogens with zero attached hydrogens (tertiary/aromatic N) is 3. The van der Waals surface area contributed by atoms with E-state index in [4.69, 9.17) is 4.52 Å². The van der Waals surface area contributed by atoms with Crippen LogP contribution in [0, 0.1) is 5.92 Å². The predicted molar refractivity (Wildman–Crippen MR) is 106 cm³/mol. The van der Waals surface area contributed by atoms with Gasteiger partial charge in [0, 0.05) is 49.2 Å². The molecule has 2 aromatic heterocycles. The van der Waals surface area contributed by atoms with E-state index in [2.05, 4.69) is 51.5 Å². The number of pyridine rings is 1. The van der Waals surface area contributed by atoms with Crippen molar-refractivity contribution < 1.29 is 9.32 Å². The van der Waals surface area contributed by atoms with Gasteiger partial charge in [0.1, 0.15) is 5.76 Å². The number of hydrogen-bond donors (Lipinski definition) is 1. The number of rotatable bonds is 5. The summed E-state index contributed by atoms with van der Waals surface area (Å²) in [7, 11) is 0. The zero-order chi connectivity index (χ0) is 19.1. The molecule has 28 heavy (non-hydrogen) atoms. The summed E-state index contributed by atoms with van der Waals surface area (Å²) >= 11 is 0. The lowest BCUT2D eigenvalue weighted by Gasteiger charge is -2.17. The van der Waals surface area contributed by atoms with Crippen molar-refractivity contribution in [2.24, 2.45) is 5.92 Å². The maximum Gasteiger partial charge on any atom is 0.273 e. The quantitative estimate of drug-likeness (QED) is 0.739. The molecule has 2 unspecified atom stereocenters. The van der Waals surface area contributed by atoms with Crippen molar-refractivity contribution in [2.45, 2.75) is 38.3 Å². The van der Waals surface area contributed by atoms with Crippen molar-refractivity contribution in [3.63, 3.8) is 0 Å². The van der Waals surface area contributed by atoms with Crippen LogP contribution in [0.2, 0.25) is 0 Å². The third-order valence-corrected chi connectivity index (χ3v) is 5.86. The fourth-order valence-corrected chi connectivity index (χ4v) is 4.12. The van der Waals surface area contributed by atoms with Crippen LogP contribution in [0.1, 0.15) is 47.5 Å². The molecule has 1 aliphatic heterocycles. The summed E-state index contributed by atoms with van der Waals surface area (Å²) in [5.41, 5.74) is 2.67. The highest BCUT2D eigenvalue weighted by Gasteiger charge is 2.33. The standard InChI is InChI=1S/C22H24N4O2/c1-14-11-26(12-17-5-2-4-16-6-3-9-23-21(16)17)13-19(14)24-22(27)18-10-20(28-25-18)15-7-8-15/h2-6,9-10,14-15,19H,7-8,11-13H2,1H3,(H,24,27). The lowest BCUT2D eigenvalue weighted by molar-refractivity contribution is 0.0922. The minimum atomic E-state index is -0.138. The minimum absolute atomic E-state index is 0.108. The average molecular weight is 376 g/mol. The van der Waals surface area contributed by atoms with Crippen LogP contribution in [-0.4, -0.2) is 40.1 Å². The van der Waals surface area contributed by atoms with Gasteiger partial charge >= 0.3 is 0 Å². The van der Waals surface area contributed by atoms with Gasteiger partial charge in [-0.3, -0.25) is 14.7 Å². The van der Waals surface area contributed by atoms with Gasteiger partial charge in [-0.15, -0.1) is 0 Å². The first-order valence-corrected chi connectivity index (χ1v) is 10.00. The number of benzene rings is 1. The molecule has 6 nitrogen and oxygen atoms in total. The molecule has 1 saturated carbocycles. The Morgan fingerprint density at radius 3 is 2.96 bits per heavy atom. The Bertz CT molecular complexity index is 1010. The minimum Gasteiger partial charge on any atom is -0.360 e. The molecule has 0 spiro atoms. The Morgan fingerprint density at radius 1 is 1.25 bits per heavy atom. The number of carbonyl (C=O) groups excluding carboxylic acids is 1. The number of carbonyl (C=O) groups is 1. The second kappa shape index (κ2) is 7.02. The van der Waals surface area contributed by atoms with Gasteiger partial charge in [-0.25, -0.2) is 0 Å². The van der Waals surface area contributed by atoms with Gasteiger partial charge in [-0.1, -0.05) is 36.3 Å². The predicted octanol–water partition coefficient (Wildman–Crippen LogP) is 3.35. The number of nitrogens with one attached hydrogen (secondary N) is 1. The van der Waals surface area contributed by atoms with Crippen molar-refractivity contribution in [3.05, 3.63) is 59.6 Å². The fraction of sp³-hybridized carbons (Fsp3) is 0.409. The largest absolute Gasteiger partial charge is 0.360 e. The maximum atomic E-state index is 12.6. The van der Waals surface area contributed by atoms with Gasteiger partial charge in [0.2, 0.25) is 0 Å². The van der Waals surface area contributed by atoms with Crippen molar-refractivity contribution in [3.8, 4) is 0 Å². The van der Waals surface area contributed by atoms with E-state index < -0.39 is 0 Å². The first-order chi connectivity index (χ1) is 13.7. The van der Waals surface area contributed by atoms with Crippen LogP contribution >= 0.6 is 0 Å². The Morgan fingerprint density at radius 2 is 2.11 bits per heavy atom. The van der Waals surface area contributed by atoms with E-state index in [1.54, 1.807) is 6.07 Å². The molecule has 3 aromatic rings. The van der Waals surface area contributed by atoms with Crippen LogP contribution in [0.15, 0.2) is 47.1 Å². The Kier molecular flexibility index (Phi) is 4.36. The molecule has 3 heterocycles. The second-order valence-corrected chi connectivity index (χ2v) is 8.13. The third kappa shape index (κ3) is 3.40. The van der Waals surface area contributed by atoms with E-state index in [0.29, 0.717) is 17.5 Å². The molecule has 0 bridgehead atoms. The molecule has 1 aromatic carbocycles. The summed E-state index contributed by atoms with van der Waals surface area (Å²) in [5, 5.41) is 8.27. The molecule has 144 valence electrons. The summed E-state index contributed by atoms with van der Waals surface area (Å²) in [6.45, 7) is 4.79. The first kappa shape index (κ1) is 17.4. The summed E-state index contributed by atoms with van der Waals surface area (Å²) in [5.74, 6) is 1.54. The van der Waals surface area contributed by atoms with Gasteiger partial charge in [-0.2, -0.15) is 0 Å². The van der Waals surface area contributed by atoms with Crippen molar-refractivity contribution in [2.75, 3.05) is 13.1 Å². The third-order valence-electron chi connectivity index (χ3n) is 5.86. The molecule has 1 saturated heterocycles. The van der Waals surface area contributed by atoms with Crippen LogP contribution in [0.25, 0.3) is 10.9 Å². The Balaban J connectivity index is 1.25. The van der Waals surface area contributed by atoms with E-state index in [1.807, 2.05) is 12.3 Å². The zero-order valence-electron chi connectivity index (χ0n) is 16.0. The maximum absolute atomic E-state index is 12.6. The van der Waals surface area contributed by atoms with E-state index in [0.717, 1.165) is 49.1 Å². The molecule has 2 atom stereocenters. The number of fused-ring (bicyclic) bond motifs is 1. The summed E-state index contributed by atoms with van der Waals surface area (Å²) in [6.07, 6.45) is 4.11. The number of amides is 1. The van der Waals surface area contributed by atoms with Crippen LogP contribution in [0.5, 0.6) is 0 Å². The fourth-order valence-electron chi connectivity index (χ4n) is 4.12. The molecule has 2 aliphatic rings.